The number of aromatic nitrogens is 3. The van der Waals surface area contributed by atoms with Crippen LogP contribution in [0.5, 0.6) is 0 Å². The van der Waals surface area contributed by atoms with Gasteiger partial charge in [0.15, 0.2) is 5.82 Å². The van der Waals surface area contributed by atoms with E-state index in [1.807, 2.05) is 0 Å². The number of sulfonamides is 1. The molecule has 2 N–H and O–H groups in total. The fraction of sp³-hybridized carbons (Fsp3) is 0.526. The summed E-state index contributed by atoms with van der Waals surface area (Å²) < 4.78 is 40.4. The van der Waals surface area contributed by atoms with Crippen LogP contribution in [0.15, 0.2) is 34.0 Å². The van der Waals surface area contributed by atoms with Gasteiger partial charge < -0.3 is 4.90 Å². The van der Waals surface area contributed by atoms with Gasteiger partial charge in [-0.2, -0.15) is 9.40 Å². The number of hydrogen-bond acceptors (Lipinski definition) is 5. The number of amides is 1. The summed E-state index contributed by atoms with van der Waals surface area (Å²) in [5.74, 6) is -0.671. The summed E-state index contributed by atoms with van der Waals surface area (Å²) in [5, 5.41) is 6.34. The average Bonchev–Trinajstić information content (AvgIpc) is 3.20. The predicted octanol–water partition coefficient (Wildman–Crippen LogP) is 1.39. The highest BCUT2D eigenvalue weighted by Gasteiger charge is 2.38. The van der Waals surface area contributed by atoms with Crippen molar-refractivity contribution in [3.05, 3.63) is 46.4 Å². The lowest BCUT2D eigenvalue weighted by Crippen LogP contribution is -2.48. The summed E-state index contributed by atoms with van der Waals surface area (Å²) in [5.41, 5.74) is -0.419. The van der Waals surface area contributed by atoms with Gasteiger partial charge >= 0.3 is 5.69 Å². The number of aromatic amines is 2. The minimum absolute atomic E-state index is 0.0157. The highest BCUT2D eigenvalue weighted by molar-refractivity contribution is 7.89. The number of halogens is 1. The number of rotatable bonds is 4. The molecule has 0 saturated carbocycles. The van der Waals surface area contributed by atoms with E-state index in [4.69, 9.17) is 0 Å². The third-order valence-corrected chi connectivity index (χ3v) is 7.69. The van der Waals surface area contributed by atoms with E-state index in [0.29, 0.717) is 38.2 Å². The first kappa shape index (κ1) is 20.7. The van der Waals surface area contributed by atoms with Gasteiger partial charge in [0.05, 0.1) is 16.9 Å². The molecule has 2 aliphatic heterocycles. The van der Waals surface area contributed by atoms with E-state index in [1.165, 1.54) is 16.4 Å². The molecule has 0 bridgehead atoms. The molecule has 2 atom stereocenters. The van der Waals surface area contributed by atoms with Crippen molar-refractivity contribution in [3.63, 3.8) is 0 Å². The predicted molar refractivity (Wildman–Crippen MR) is 105 cm³/mol. The Hall–Kier alpha value is -2.53. The van der Waals surface area contributed by atoms with Crippen LogP contribution in [0.25, 0.3) is 0 Å². The van der Waals surface area contributed by atoms with Crippen LogP contribution in [0.3, 0.4) is 0 Å². The van der Waals surface area contributed by atoms with E-state index in [-0.39, 0.29) is 23.4 Å². The number of benzene rings is 1. The number of nitrogens with zero attached hydrogens (tertiary/aromatic N) is 3. The molecule has 1 amide bonds. The van der Waals surface area contributed by atoms with Crippen LogP contribution >= 0.6 is 0 Å². The lowest BCUT2D eigenvalue weighted by atomic mass is 9.94. The van der Waals surface area contributed by atoms with Crippen molar-refractivity contribution >= 4 is 15.9 Å². The van der Waals surface area contributed by atoms with Crippen LogP contribution in [-0.2, 0) is 14.8 Å². The van der Waals surface area contributed by atoms with Crippen LogP contribution in [0.2, 0.25) is 0 Å². The van der Waals surface area contributed by atoms with E-state index < -0.39 is 27.4 Å². The summed E-state index contributed by atoms with van der Waals surface area (Å²) >= 11 is 0. The molecule has 0 radical (unpaired) electrons. The summed E-state index contributed by atoms with van der Waals surface area (Å²) in [6, 6.07) is 4.38. The largest absolute Gasteiger partial charge is 0.340 e. The molecular formula is C19H24FN5O4S. The van der Waals surface area contributed by atoms with Crippen molar-refractivity contribution in [2.45, 2.75) is 43.0 Å². The van der Waals surface area contributed by atoms with Crippen molar-refractivity contribution in [3.8, 4) is 0 Å². The Morgan fingerprint density at radius 3 is 2.57 bits per heavy atom. The first-order valence-electron chi connectivity index (χ1n) is 10.1. The highest BCUT2D eigenvalue weighted by atomic mass is 32.2. The average molecular weight is 437 g/mol. The Morgan fingerprint density at radius 1 is 1.10 bits per heavy atom. The second-order valence-electron chi connectivity index (χ2n) is 7.76. The Labute approximate surface area is 173 Å². The second kappa shape index (κ2) is 8.31. The number of carbonyl (C=O) groups is 1. The topological polar surface area (TPSA) is 119 Å². The Morgan fingerprint density at radius 2 is 1.87 bits per heavy atom. The molecule has 9 nitrogen and oxygen atoms in total. The second-order valence-corrected chi connectivity index (χ2v) is 9.70. The molecule has 2 fully saturated rings. The zero-order chi connectivity index (χ0) is 21.3. The Bertz CT molecular complexity index is 1070. The standard InChI is InChI=1S/C19H24FN5O4S/c20-14-6-8-15(9-7-14)30(28,29)24-10-3-4-13(12-24)18(26)25-11-2-1-5-16(25)17-21-19(27)23-22-17/h6-9,13,16H,1-5,10-12H2,(H2,21,22,23,27)/t13-,16+/m1/s1. The molecule has 2 saturated heterocycles. The van der Waals surface area contributed by atoms with Crippen LogP contribution in [0, 0.1) is 11.7 Å². The van der Waals surface area contributed by atoms with Gasteiger partial charge in [0.25, 0.3) is 0 Å². The van der Waals surface area contributed by atoms with Gasteiger partial charge in [-0.15, -0.1) is 0 Å². The molecule has 1 aromatic heterocycles. The molecular weight excluding hydrogens is 413 g/mol. The van der Waals surface area contributed by atoms with Crippen LogP contribution < -0.4 is 5.69 Å². The molecule has 4 rings (SSSR count). The molecule has 0 spiro atoms. The molecule has 11 heteroatoms. The molecule has 0 unspecified atom stereocenters. The monoisotopic (exact) mass is 437 g/mol. The van der Waals surface area contributed by atoms with Gasteiger partial charge in [-0.05, 0) is 56.4 Å². The number of hydrogen-bond donors (Lipinski definition) is 2. The Balaban J connectivity index is 1.52. The summed E-state index contributed by atoms with van der Waals surface area (Å²) in [6.07, 6.45) is 3.61. The molecule has 30 heavy (non-hydrogen) atoms. The van der Waals surface area contributed by atoms with Crippen molar-refractivity contribution < 1.29 is 17.6 Å². The SMILES string of the molecule is O=C([C@@H]1CCCN(S(=O)(=O)c2ccc(F)cc2)C1)N1CCCC[C@H]1c1n[nH]c(=O)[nH]1. The highest BCUT2D eigenvalue weighted by Crippen LogP contribution is 2.32. The van der Waals surface area contributed by atoms with E-state index in [1.54, 1.807) is 4.90 Å². The van der Waals surface area contributed by atoms with E-state index >= 15 is 0 Å². The van der Waals surface area contributed by atoms with E-state index in [2.05, 4.69) is 15.2 Å². The van der Waals surface area contributed by atoms with Gasteiger partial charge in [-0.1, -0.05) is 0 Å². The quantitative estimate of drug-likeness (QED) is 0.749. The fourth-order valence-electron chi connectivity index (χ4n) is 4.27. The third-order valence-electron chi connectivity index (χ3n) is 5.81. The van der Waals surface area contributed by atoms with Gasteiger partial charge in [0.2, 0.25) is 15.9 Å². The van der Waals surface area contributed by atoms with Gasteiger partial charge in [0.1, 0.15) is 5.82 Å². The van der Waals surface area contributed by atoms with E-state index in [9.17, 15) is 22.4 Å². The van der Waals surface area contributed by atoms with Crippen molar-refractivity contribution in [2.75, 3.05) is 19.6 Å². The minimum atomic E-state index is -3.81. The lowest BCUT2D eigenvalue weighted by molar-refractivity contribution is -0.140. The zero-order valence-corrected chi connectivity index (χ0v) is 17.2. The van der Waals surface area contributed by atoms with Crippen molar-refractivity contribution in [2.24, 2.45) is 5.92 Å². The smallest absolute Gasteiger partial charge is 0.332 e. The van der Waals surface area contributed by atoms with Gasteiger partial charge in [-0.3, -0.25) is 9.78 Å². The molecule has 2 aliphatic rings. The number of nitrogens with one attached hydrogen (secondary N) is 2. The number of carbonyl (C=O) groups excluding carboxylic acids is 1. The molecule has 1 aromatic carbocycles. The molecule has 162 valence electrons. The maximum atomic E-state index is 13.3. The normalized spacial score (nSPS) is 23.4. The number of likely N-dealkylation sites (tertiary alicyclic amines) is 1. The van der Waals surface area contributed by atoms with Crippen molar-refractivity contribution in [1.29, 1.82) is 0 Å². The first-order valence-corrected chi connectivity index (χ1v) is 11.5. The molecule has 3 heterocycles. The molecule has 2 aromatic rings. The van der Waals surface area contributed by atoms with Gasteiger partial charge in [-0.25, -0.2) is 22.7 Å². The summed E-state index contributed by atoms with van der Waals surface area (Å²) in [4.78, 5) is 29.1. The zero-order valence-electron chi connectivity index (χ0n) is 16.4. The first-order chi connectivity index (χ1) is 14.4. The third kappa shape index (κ3) is 4.04. The maximum Gasteiger partial charge on any atom is 0.340 e. The van der Waals surface area contributed by atoms with Crippen LogP contribution in [0.1, 0.15) is 44.0 Å². The summed E-state index contributed by atoms with van der Waals surface area (Å²) in [7, 11) is -3.81. The summed E-state index contributed by atoms with van der Waals surface area (Å²) in [6.45, 7) is 0.943. The van der Waals surface area contributed by atoms with Crippen LogP contribution in [0.4, 0.5) is 4.39 Å². The maximum absolute atomic E-state index is 13.3. The number of H-pyrrole nitrogens is 2. The number of piperidine rings is 2. The lowest BCUT2D eigenvalue weighted by Gasteiger charge is -2.39. The van der Waals surface area contributed by atoms with E-state index in [0.717, 1.165) is 25.0 Å². The van der Waals surface area contributed by atoms with Gasteiger partial charge in [0, 0.05) is 19.6 Å². The van der Waals surface area contributed by atoms with Crippen LogP contribution in [-0.4, -0.2) is 58.3 Å². The fourth-order valence-corrected chi connectivity index (χ4v) is 5.80. The van der Waals surface area contributed by atoms with Crippen molar-refractivity contribution in [1.82, 2.24) is 24.4 Å². The minimum Gasteiger partial charge on any atom is -0.332 e. The Kier molecular flexibility index (Phi) is 5.74. The molecule has 0 aliphatic carbocycles.